The molecule has 1 unspecified atom stereocenters. The summed E-state index contributed by atoms with van der Waals surface area (Å²) in [5.41, 5.74) is 2.59. The van der Waals surface area contributed by atoms with Crippen molar-refractivity contribution in [3.05, 3.63) is 27.7 Å². The Morgan fingerprint density at radius 2 is 2.24 bits per heavy atom. The first-order valence-corrected chi connectivity index (χ1v) is 7.06. The lowest BCUT2D eigenvalue weighted by Crippen LogP contribution is -2.35. The lowest BCUT2D eigenvalue weighted by molar-refractivity contribution is 0.397. The first-order valence-electron chi connectivity index (χ1n) is 6.27. The van der Waals surface area contributed by atoms with Crippen molar-refractivity contribution < 1.29 is 4.74 Å². The smallest absolute Gasteiger partial charge is 0.135 e. The van der Waals surface area contributed by atoms with Crippen molar-refractivity contribution in [2.75, 3.05) is 13.7 Å². The maximum absolute atomic E-state index is 5.36. The summed E-state index contributed by atoms with van der Waals surface area (Å²) in [6.45, 7) is 3.27. The lowest BCUT2D eigenvalue weighted by Gasteiger charge is -2.24. The van der Waals surface area contributed by atoms with Crippen molar-refractivity contribution in [1.29, 1.82) is 0 Å². The molecule has 1 saturated heterocycles. The molecule has 0 amide bonds. The van der Waals surface area contributed by atoms with Gasteiger partial charge in [-0.05, 0) is 65.9 Å². The molecule has 1 N–H and O–H groups in total. The van der Waals surface area contributed by atoms with Crippen LogP contribution >= 0.6 is 15.9 Å². The molecule has 17 heavy (non-hydrogen) atoms. The highest BCUT2D eigenvalue weighted by Crippen LogP contribution is 2.30. The minimum absolute atomic E-state index is 0.642. The highest BCUT2D eigenvalue weighted by molar-refractivity contribution is 9.10. The second kappa shape index (κ2) is 5.87. The van der Waals surface area contributed by atoms with E-state index in [4.69, 9.17) is 4.74 Å². The minimum Gasteiger partial charge on any atom is -0.495 e. The van der Waals surface area contributed by atoms with Gasteiger partial charge in [0.05, 0.1) is 11.6 Å². The summed E-state index contributed by atoms with van der Waals surface area (Å²) >= 11 is 3.58. The number of hydrogen-bond donors (Lipinski definition) is 1. The summed E-state index contributed by atoms with van der Waals surface area (Å²) in [5.74, 6) is 0.949. The Balaban J connectivity index is 2.10. The van der Waals surface area contributed by atoms with Gasteiger partial charge in [-0.25, -0.2) is 0 Å². The fourth-order valence-corrected chi connectivity index (χ4v) is 3.33. The third-order valence-corrected chi connectivity index (χ3v) is 3.98. The SMILES string of the molecule is COc1c(C)cc(CC2CCCCN2)cc1Br. The Kier molecular flexibility index (Phi) is 4.46. The third kappa shape index (κ3) is 3.23. The topological polar surface area (TPSA) is 21.3 Å². The average molecular weight is 298 g/mol. The molecule has 1 aromatic rings. The van der Waals surface area contributed by atoms with Crippen LogP contribution in [0.15, 0.2) is 16.6 Å². The van der Waals surface area contributed by atoms with Crippen LogP contribution in [0, 0.1) is 6.92 Å². The summed E-state index contributed by atoms with van der Waals surface area (Å²) in [4.78, 5) is 0. The number of halogens is 1. The lowest BCUT2D eigenvalue weighted by atomic mass is 9.97. The number of methoxy groups -OCH3 is 1. The second-order valence-corrected chi connectivity index (χ2v) is 5.63. The van der Waals surface area contributed by atoms with E-state index in [0.29, 0.717) is 6.04 Å². The molecule has 94 valence electrons. The van der Waals surface area contributed by atoms with E-state index in [2.05, 4.69) is 40.3 Å². The predicted molar refractivity (Wildman–Crippen MR) is 74.8 cm³/mol. The molecular formula is C14H20BrNO. The predicted octanol–water partition coefficient (Wildman–Crippen LogP) is 3.45. The highest BCUT2D eigenvalue weighted by Gasteiger charge is 2.14. The van der Waals surface area contributed by atoms with Crippen LogP contribution in [-0.4, -0.2) is 19.7 Å². The van der Waals surface area contributed by atoms with Crippen LogP contribution in [0.3, 0.4) is 0 Å². The van der Waals surface area contributed by atoms with Crippen LogP contribution in [0.4, 0.5) is 0 Å². The van der Waals surface area contributed by atoms with E-state index >= 15 is 0 Å². The van der Waals surface area contributed by atoms with Crippen molar-refractivity contribution in [1.82, 2.24) is 5.32 Å². The molecule has 1 heterocycles. The molecule has 1 aliphatic heterocycles. The van der Waals surface area contributed by atoms with Crippen LogP contribution in [-0.2, 0) is 6.42 Å². The Hall–Kier alpha value is -0.540. The second-order valence-electron chi connectivity index (χ2n) is 4.78. The molecule has 1 fully saturated rings. The third-order valence-electron chi connectivity index (χ3n) is 3.39. The van der Waals surface area contributed by atoms with Gasteiger partial charge in [-0.1, -0.05) is 12.5 Å². The van der Waals surface area contributed by atoms with Crippen molar-refractivity contribution in [3.8, 4) is 5.75 Å². The van der Waals surface area contributed by atoms with Crippen LogP contribution in [0.1, 0.15) is 30.4 Å². The Morgan fingerprint density at radius 1 is 1.41 bits per heavy atom. The first-order chi connectivity index (χ1) is 8.20. The van der Waals surface area contributed by atoms with Crippen molar-refractivity contribution in [3.63, 3.8) is 0 Å². The van der Waals surface area contributed by atoms with Gasteiger partial charge in [0.2, 0.25) is 0 Å². The number of aryl methyl sites for hydroxylation is 1. The van der Waals surface area contributed by atoms with E-state index in [1.807, 2.05) is 0 Å². The van der Waals surface area contributed by atoms with E-state index < -0.39 is 0 Å². The van der Waals surface area contributed by atoms with Crippen molar-refractivity contribution in [2.45, 2.75) is 38.6 Å². The first kappa shape index (κ1) is 12.9. The summed E-state index contributed by atoms with van der Waals surface area (Å²) in [7, 11) is 1.72. The van der Waals surface area contributed by atoms with Gasteiger partial charge in [0, 0.05) is 6.04 Å². The van der Waals surface area contributed by atoms with Crippen LogP contribution in [0.2, 0.25) is 0 Å². The van der Waals surface area contributed by atoms with Gasteiger partial charge in [-0.2, -0.15) is 0 Å². The number of benzene rings is 1. The Morgan fingerprint density at radius 3 is 2.82 bits per heavy atom. The summed E-state index contributed by atoms with van der Waals surface area (Å²) < 4.78 is 6.42. The molecule has 0 aromatic heterocycles. The zero-order chi connectivity index (χ0) is 12.3. The largest absolute Gasteiger partial charge is 0.495 e. The van der Waals surface area contributed by atoms with E-state index in [9.17, 15) is 0 Å². The quantitative estimate of drug-likeness (QED) is 0.923. The molecule has 2 rings (SSSR count). The highest BCUT2D eigenvalue weighted by atomic mass is 79.9. The Bertz CT molecular complexity index is 363. The molecule has 0 radical (unpaired) electrons. The molecule has 0 spiro atoms. The van der Waals surface area contributed by atoms with Crippen LogP contribution < -0.4 is 10.1 Å². The summed E-state index contributed by atoms with van der Waals surface area (Å²) in [6.07, 6.45) is 5.09. The van der Waals surface area contributed by atoms with E-state index in [0.717, 1.165) is 16.6 Å². The average Bonchev–Trinajstić information content (AvgIpc) is 2.30. The maximum atomic E-state index is 5.36. The standard InChI is InChI=1S/C14H20BrNO/c1-10-7-11(9-13(15)14(10)17-2)8-12-5-3-4-6-16-12/h7,9,12,16H,3-6,8H2,1-2H3. The molecule has 3 heteroatoms. The molecule has 1 aromatic carbocycles. The summed E-state index contributed by atoms with van der Waals surface area (Å²) in [6, 6.07) is 5.06. The normalized spacial score (nSPS) is 20.3. The van der Waals surface area contributed by atoms with Gasteiger partial charge in [0.15, 0.2) is 0 Å². The van der Waals surface area contributed by atoms with E-state index in [-0.39, 0.29) is 0 Å². The van der Waals surface area contributed by atoms with Crippen molar-refractivity contribution in [2.24, 2.45) is 0 Å². The Labute approximate surface area is 112 Å². The molecule has 2 nitrogen and oxygen atoms in total. The van der Waals surface area contributed by atoms with Gasteiger partial charge in [0.25, 0.3) is 0 Å². The molecule has 0 saturated carbocycles. The van der Waals surface area contributed by atoms with Gasteiger partial charge < -0.3 is 10.1 Å². The maximum Gasteiger partial charge on any atom is 0.135 e. The number of rotatable bonds is 3. The van der Waals surface area contributed by atoms with Crippen LogP contribution in [0.25, 0.3) is 0 Å². The van der Waals surface area contributed by atoms with Gasteiger partial charge in [0.1, 0.15) is 5.75 Å². The molecule has 0 aliphatic carbocycles. The van der Waals surface area contributed by atoms with Crippen molar-refractivity contribution >= 4 is 15.9 Å². The van der Waals surface area contributed by atoms with E-state index in [1.165, 1.54) is 36.9 Å². The fraction of sp³-hybridized carbons (Fsp3) is 0.571. The molecule has 1 aliphatic rings. The molecule has 0 bridgehead atoms. The summed E-state index contributed by atoms with van der Waals surface area (Å²) in [5, 5.41) is 3.59. The van der Waals surface area contributed by atoms with Gasteiger partial charge in [-0.15, -0.1) is 0 Å². The molecule has 1 atom stereocenters. The fourth-order valence-electron chi connectivity index (χ4n) is 2.56. The molecular weight excluding hydrogens is 278 g/mol. The monoisotopic (exact) mass is 297 g/mol. The van der Waals surface area contributed by atoms with Gasteiger partial charge >= 0.3 is 0 Å². The number of hydrogen-bond acceptors (Lipinski definition) is 2. The zero-order valence-electron chi connectivity index (χ0n) is 10.6. The number of piperidine rings is 1. The van der Waals surface area contributed by atoms with E-state index in [1.54, 1.807) is 7.11 Å². The number of ether oxygens (including phenoxy) is 1. The van der Waals surface area contributed by atoms with Gasteiger partial charge in [-0.3, -0.25) is 0 Å². The minimum atomic E-state index is 0.642. The zero-order valence-corrected chi connectivity index (χ0v) is 12.1. The van der Waals surface area contributed by atoms with Crippen LogP contribution in [0.5, 0.6) is 5.75 Å². The number of nitrogens with one attached hydrogen (secondary N) is 1.